The summed E-state index contributed by atoms with van der Waals surface area (Å²) in [6.45, 7) is 0.548. The van der Waals surface area contributed by atoms with Gasteiger partial charge in [-0.15, -0.1) is 5.10 Å². The molecule has 1 aliphatic carbocycles. The highest BCUT2D eigenvalue weighted by Gasteiger charge is 2.16. The van der Waals surface area contributed by atoms with Crippen molar-refractivity contribution < 1.29 is 14.3 Å². The van der Waals surface area contributed by atoms with Crippen molar-refractivity contribution in [3.8, 4) is 5.88 Å². The van der Waals surface area contributed by atoms with Gasteiger partial charge in [-0.25, -0.2) is 0 Å². The Labute approximate surface area is 136 Å². The fraction of sp³-hybridized carbons (Fsp3) is 0.562. The number of allylic oxidation sites excluding steroid dienone is 1. The van der Waals surface area contributed by atoms with Crippen molar-refractivity contribution >= 4 is 11.8 Å². The van der Waals surface area contributed by atoms with E-state index in [-0.39, 0.29) is 24.2 Å². The molecule has 0 aliphatic heterocycles. The number of aryl methyl sites for hydroxylation is 1. The van der Waals surface area contributed by atoms with Crippen LogP contribution in [0.3, 0.4) is 0 Å². The Morgan fingerprint density at radius 2 is 2.17 bits per heavy atom. The van der Waals surface area contributed by atoms with Gasteiger partial charge in [-0.3, -0.25) is 14.3 Å². The number of rotatable bonds is 7. The van der Waals surface area contributed by atoms with Crippen molar-refractivity contribution in [2.24, 2.45) is 7.05 Å². The molecule has 0 unspecified atom stereocenters. The van der Waals surface area contributed by atoms with Crippen molar-refractivity contribution in [1.29, 1.82) is 0 Å². The van der Waals surface area contributed by atoms with Crippen LogP contribution < -0.4 is 15.4 Å². The second-order valence-electron chi connectivity index (χ2n) is 5.62. The first kappa shape index (κ1) is 17.1. The largest absolute Gasteiger partial charge is 0.479 e. The Hall–Kier alpha value is -2.31. The number of carbonyl (C=O) groups excluding carboxylic acids is 2. The molecule has 7 heteroatoms. The van der Waals surface area contributed by atoms with Gasteiger partial charge in [-0.05, 0) is 32.1 Å². The molecule has 0 spiro atoms. The van der Waals surface area contributed by atoms with Crippen LogP contribution in [0.15, 0.2) is 17.8 Å². The summed E-state index contributed by atoms with van der Waals surface area (Å²) in [5.41, 5.74) is 1.73. The Balaban J connectivity index is 1.71. The van der Waals surface area contributed by atoms with E-state index < -0.39 is 0 Å². The standard InChI is InChI=1S/C16H24N4O3/c1-20-11-13(16(19-20)23-2)15(22)18-10-14(21)17-9-8-12-6-4-3-5-7-12/h6,11H,3-5,7-10H2,1-2H3,(H,17,21)(H,18,22). The lowest BCUT2D eigenvalue weighted by atomic mass is 9.97. The SMILES string of the molecule is COc1nn(C)cc1C(=O)NCC(=O)NCCC1=CCCCC1. The topological polar surface area (TPSA) is 85.2 Å². The third-order valence-corrected chi connectivity index (χ3v) is 3.80. The molecule has 2 rings (SSSR count). The molecule has 1 aromatic heterocycles. The van der Waals surface area contributed by atoms with Gasteiger partial charge in [0.05, 0.1) is 13.7 Å². The van der Waals surface area contributed by atoms with Crippen molar-refractivity contribution in [2.45, 2.75) is 32.1 Å². The fourth-order valence-electron chi connectivity index (χ4n) is 2.59. The number of carbonyl (C=O) groups is 2. The minimum Gasteiger partial charge on any atom is -0.479 e. The van der Waals surface area contributed by atoms with Crippen LogP contribution in [0.5, 0.6) is 5.88 Å². The summed E-state index contributed by atoms with van der Waals surface area (Å²) in [6, 6.07) is 0. The van der Waals surface area contributed by atoms with E-state index in [0.29, 0.717) is 12.1 Å². The summed E-state index contributed by atoms with van der Waals surface area (Å²) >= 11 is 0. The zero-order chi connectivity index (χ0) is 16.7. The van der Waals surface area contributed by atoms with Crippen molar-refractivity contribution in [1.82, 2.24) is 20.4 Å². The fourth-order valence-corrected chi connectivity index (χ4v) is 2.59. The quantitative estimate of drug-likeness (QED) is 0.739. The molecule has 2 N–H and O–H groups in total. The smallest absolute Gasteiger partial charge is 0.258 e. The highest BCUT2D eigenvalue weighted by molar-refractivity contribution is 5.98. The summed E-state index contributed by atoms with van der Waals surface area (Å²) in [5, 5.41) is 9.41. The second-order valence-corrected chi connectivity index (χ2v) is 5.62. The van der Waals surface area contributed by atoms with Gasteiger partial charge in [-0.1, -0.05) is 11.6 Å². The van der Waals surface area contributed by atoms with E-state index in [1.165, 1.54) is 30.2 Å². The number of nitrogens with one attached hydrogen (secondary N) is 2. The maximum atomic E-state index is 12.0. The minimum atomic E-state index is -0.375. The van der Waals surface area contributed by atoms with Crippen molar-refractivity contribution in [2.75, 3.05) is 20.2 Å². The molecule has 1 aliphatic rings. The van der Waals surface area contributed by atoms with E-state index in [9.17, 15) is 9.59 Å². The molecule has 126 valence electrons. The highest BCUT2D eigenvalue weighted by Crippen LogP contribution is 2.19. The summed E-state index contributed by atoms with van der Waals surface area (Å²) in [7, 11) is 3.15. The van der Waals surface area contributed by atoms with E-state index >= 15 is 0 Å². The zero-order valence-corrected chi connectivity index (χ0v) is 13.7. The number of nitrogens with zero attached hydrogens (tertiary/aromatic N) is 2. The zero-order valence-electron chi connectivity index (χ0n) is 13.7. The maximum Gasteiger partial charge on any atom is 0.258 e. The van der Waals surface area contributed by atoms with Gasteiger partial charge >= 0.3 is 0 Å². The normalized spacial score (nSPS) is 14.1. The first-order valence-electron chi connectivity index (χ1n) is 7.90. The molecule has 0 fully saturated rings. The molecule has 1 aromatic rings. The number of hydrogen-bond acceptors (Lipinski definition) is 4. The summed E-state index contributed by atoms with van der Waals surface area (Å²) in [4.78, 5) is 23.8. The van der Waals surface area contributed by atoms with Crippen LogP contribution in [-0.4, -0.2) is 41.8 Å². The van der Waals surface area contributed by atoms with Gasteiger partial charge in [0, 0.05) is 19.8 Å². The van der Waals surface area contributed by atoms with Crippen LogP contribution in [0.25, 0.3) is 0 Å². The molecule has 7 nitrogen and oxygen atoms in total. The number of aromatic nitrogens is 2. The molecule has 23 heavy (non-hydrogen) atoms. The first-order chi connectivity index (χ1) is 11.1. The monoisotopic (exact) mass is 320 g/mol. The van der Waals surface area contributed by atoms with Gasteiger partial charge in [-0.2, -0.15) is 0 Å². The number of hydrogen-bond donors (Lipinski definition) is 2. The van der Waals surface area contributed by atoms with Crippen molar-refractivity contribution in [3.63, 3.8) is 0 Å². The summed E-state index contributed by atoms with van der Waals surface area (Å²) < 4.78 is 6.52. The third kappa shape index (κ3) is 5.12. The third-order valence-electron chi connectivity index (χ3n) is 3.80. The van der Waals surface area contributed by atoms with Crippen LogP contribution >= 0.6 is 0 Å². The predicted molar refractivity (Wildman–Crippen MR) is 86.3 cm³/mol. The van der Waals surface area contributed by atoms with Gasteiger partial charge in [0.25, 0.3) is 5.91 Å². The Morgan fingerprint density at radius 1 is 1.35 bits per heavy atom. The first-order valence-corrected chi connectivity index (χ1v) is 7.90. The van der Waals surface area contributed by atoms with Gasteiger partial charge in [0.1, 0.15) is 5.56 Å². The predicted octanol–water partition coefficient (Wildman–Crippen LogP) is 1.17. The van der Waals surface area contributed by atoms with E-state index in [1.54, 1.807) is 13.2 Å². The number of ether oxygens (including phenoxy) is 1. The molecule has 0 saturated heterocycles. The Bertz CT molecular complexity index is 592. The molecule has 0 radical (unpaired) electrons. The lowest BCUT2D eigenvalue weighted by Crippen LogP contribution is -2.37. The molecule has 1 heterocycles. The van der Waals surface area contributed by atoms with Crippen LogP contribution in [0, 0.1) is 0 Å². The van der Waals surface area contributed by atoms with Crippen LogP contribution in [0.4, 0.5) is 0 Å². The van der Waals surface area contributed by atoms with Crippen LogP contribution in [0.1, 0.15) is 42.5 Å². The Morgan fingerprint density at radius 3 is 2.87 bits per heavy atom. The van der Waals surface area contributed by atoms with E-state index in [0.717, 1.165) is 19.3 Å². The molecule has 0 bridgehead atoms. The van der Waals surface area contributed by atoms with E-state index in [2.05, 4.69) is 21.8 Å². The van der Waals surface area contributed by atoms with Crippen LogP contribution in [0.2, 0.25) is 0 Å². The Kier molecular flexibility index (Phi) is 6.19. The molecular weight excluding hydrogens is 296 g/mol. The highest BCUT2D eigenvalue weighted by atomic mass is 16.5. The molecule has 0 aromatic carbocycles. The van der Waals surface area contributed by atoms with E-state index in [1.807, 2.05) is 0 Å². The molecule has 0 atom stereocenters. The second kappa shape index (κ2) is 8.36. The molecule has 2 amide bonds. The average Bonchev–Trinajstić information content (AvgIpc) is 2.94. The maximum absolute atomic E-state index is 12.0. The van der Waals surface area contributed by atoms with Crippen LogP contribution in [-0.2, 0) is 11.8 Å². The summed E-state index contributed by atoms with van der Waals surface area (Å²) in [5.74, 6) is -0.327. The van der Waals surface area contributed by atoms with Gasteiger partial charge < -0.3 is 15.4 Å². The number of amides is 2. The van der Waals surface area contributed by atoms with E-state index in [4.69, 9.17) is 4.74 Å². The number of methoxy groups -OCH3 is 1. The average molecular weight is 320 g/mol. The van der Waals surface area contributed by atoms with Gasteiger partial charge in [0.2, 0.25) is 11.8 Å². The van der Waals surface area contributed by atoms with Gasteiger partial charge in [0.15, 0.2) is 0 Å². The lowest BCUT2D eigenvalue weighted by molar-refractivity contribution is -0.120. The summed E-state index contributed by atoms with van der Waals surface area (Å²) in [6.07, 6.45) is 9.49. The molecular formula is C16H24N4O3. The lowest BCUT2D eigenvalue weighted by Gasteiger charge is -2.13. The minimum absolute atomic E-state index is 0.0596. The molecule has 0 saturated carbocycles. The van der Waals surface area contributed by atoms with Crippen molar-refractivity contribution in [3.05, 3.63) is 23.4 Å².